The van der Waals surface area contributed by atoms with Crippen LogP contribution in [0.4, 0.5) is 0 Å². The molecule has 4 heteroatoms. The van der Waals surface area contributed by atoms with Crippen LogP contribution in [-0.4, -0.2) is 17.0 Å². The third-order valence-corrected chi connectivity index (χ3v) is 1.26. The van der Waals surface area contributed by atoms with Crippen molar-refractivity contribution in [3.8, 4) is 0 Å². The standard InChI is InChI=1S/C5H6BrNO2/c1-3(5(7)9)4(8)2-6/h1-2H2,(H2,7,9). The molecule has 0 unspecified atom stereocenters. The van der Waals surface area contributed by atoms with Crippen LogP contribution < -0.4 is 5.73 Å². The van der Waals surface area contributed by atoms with E-state index in [0.717, 1.165) is 0 Å². The Hall–Kier alpha value is -0.640. The Morgan fingerprint density at radius 1 is 1.56 bits per heavy atom. The summed E-state index contributed by atoms with van der Waals surface area (Å²) >= 11 is 2.87. The summed E-state index contributed by atoms with van der Waals surface area (Å²) in [5, 5.41) is 0.0920. The van der Waals surface area contributed by atoms with Gasteiger partial charge >= 0.3 is 0 Å². The van der Waals surface area contributed by atoms with Crippen LogP contribution in [0.15, 0.2) is 12.2 Å². The molecule has 0 radical (unpaired) electrons. The molecule has 9 heavy (non-hydrogen) atoms. The fraction of sp³-hybridized carbons (Fsp3) is 0.200. The van der Waals surface area contributed by atoms with Gasteiger partial charge in [-0.25, -0.2) is 0 Å². The van der Waals surface area contributed by atoms with Gasteiger partial charge in [0.05, 0.1) is 10.9 Å². The maximum Gasteiger partial charge on any atom is 0.251 e. The van der Waals surface area contributed by atoms with Gasteiger partial charge in [-0.05, 0) is 0 Å². The zero-order chi connectivity index (χ0) is 7.44. The molecule has 2 N–H and O–H groups in total. The number of amides is 1. The molecule has 3 nitrogen and oxygen atoms in total. The molecule has 0 aliphatic heterocycles. The molecular weight excluding hydrogens is 186 g/mol. The molecule has 0 spiro atoms. The van der Waals surface area contributed by atoms with E-state index in [0.29, 0.717) is 0 Å². The van der Waals surface area contributed by atoms with E-state index in [9.17, 15) is 9.59 Å². The van der Waals surface area contributed by atoms with Crippen LogP contribution in [0.25, 0.3) is 0 Å². The Kier molecular flexibility index (Phi) is 3.16. The second kappa shape index (κ2) is 3.40. The molecular formula is C5H6BrNO2. The normalized spacial score (nSPS) is 8.56. The predicted molar refractivity (Wildman–Crippen MR) is 37.1 cm³/mol. The van der Waals surface area contributed by atoms with Crippen LogP contribution in [0, 0.1) is 0 Å². The van der Waals surface area contributed by atoms with Crippen molar-refractivity contribution in [2.45, 2.75) is 0 Å². The van der Waals surface area contributed by atoms with E-state index in [1.807, 2.05) is 0 Å². The van der Waals surface area contributed by atoms with Crippen molar-refractivity contribution in [3.63, 3.8) is 0 Å². The molecule has 0 heterocycles. The summed E-state index contributed by atoms with van der Waals surface area (Å²) in [6.45, 7) is 3.17. The summed E-state index contributed by atoms with van der Waals surface area (Å²) in [4.78, 5) is 20.7. The number of Topliss-reactive ketones (excluding diaryl/α,β-unsaturated/α-hetero) is 1. The molecule has 50 valence electrons. The molecule has 0 fully saturated rings. The third-order valence-electron chi connectivity index (χ3n) is 0.755. The number of alkyl halides is 1. The van der Waals surface area contributed by atoms with Crippen LogP contribution in [-0.2, 0) is 9.59 Å². The summed E-state index contributed by atoms with van der Waals surface area (Å²) in [5.41, 5.74) is 4.57. The van der Waals surface area contributed by atoms with Gasteiger partial charge in [0.1, 0.15) is 0 Å². The lowest BCUT2D eigenvalue weighted by Gasteiger charge is -1.92. The van der Waals surface area contributed by atoms with Crippen molar-refractivity contribution < 1.29 is 9.59 Å². The van der Waals surface area contributed by atoms with Crippen molar-refractivity contribution in [2.24, 2.45) is 5.73 Å². The van der Waals surface area contributed by atoms with Crippen molar-refractivity contribution in [2.75, 3.05) is 5.33 Å². The Labute approximate surface area is 61.0 Å². The fourth-order valence-electron chi connectivity index (χ4n) is 0.218. The van der Waals surface area contributed by atoms with Gasteiger partial charge in [0.25, 0.3) is 5.91 Å². The lowest BCUT2D eigenvalue weighted by Crippen LogP contribution is -2.20. The molecule has 0 saturated carbocycles. The molecule has 0 saturated heterocycles. The largest absolute Gasteiger partial charge is 0.366 e. The average Bonchev–Trinajstić information content (AvgIpc) is 1.84. The Bertz CT molecular complexity index is 164. The van der Waals surface area contributed by atoms with Gasteiger partial charge in [0.15, 0.2) is 5.78 Å². The maximum atomic E-state index is 10.5. The first-order chi connectivity index (χ1) is 4.09. The molecule has 0 aromatic rings. The molecule has 1 amide bonds. The van der Waals surface area contributed by atoms with E-state index in [1.165, 1.54) is 0 Å². The van der Waals surface area contributed by atoms with Crippen molar-refractivity contribution in [3.05, 3.63) is 12.2 Å². The topological polar surface area (TPSA) is 60.2 Å². The van der Waals surface area contributed by atoms with Crippen LogP contribution in [0.5, 0.6) is 0 Å². The zero-order valence-electron chi connectivity index (χ0n) is 4.69. The van der Waals surface area contributed by atoms with Gasteiger partial charge in [-0.3, -0.25) is 9.59 Å². The number of carbonyl (C=O) groups excluding carboxylic acids is 2. The summed E-state index contributed by atoms with van der Waals surface area (Å²) in [6.07, 6.45) is 0. The van der Waals surface area contributed by atoms with Crippen LogP contribution in [0.1, 0.15) is 0 Å². The number of primary amides is 1. The van der Waals surface area contributed by atoms with E-state index in [4.69, 9.17) is 5.73 Å². The molecule has 0 bridgehead atoms. The van der Waals surface area contributed by atoms with Crippen molar-refractivity contribution in [1.29, 1.82) is 0 Å². The number of halogens is 1. The lowest BCUT2D eigenvalue weighted by atomic mass is 10.2. The molecule has 0 rings (SSSR count). The van der Waals surface area contributed by atoms with Gasteiger partial charge in [-0.2, -0.15) is 0 Å². The highest BCUT2D eigenvalue weighted by molar-refractivity contribution is 9.09. The van der Waals surface area contributed by atoms with E-state index >= 15 is 0 Å². The number of nitrogens with two attached hydrogens (primary N) is 1. The Morgan fingerprint density at radius 3 is 2.11 bits per heavy atom. The van der Waals surface area contributed by atoms with Gasteiger partial charge < -0.3 is 5.73 Å². The Morgan fingerprint density at radius 2 is 2.00 bits per heavy atom. The monoisotopic (exact) mass is 191 g/mol. The van der Waals surface area contributed by atoms with Gasteiger partial charge in [0.2, 0.25) is 0 Å². The van der Waals surface area contributed by atoms with E-state index in [2.05, 4.69) is 22.5 Å². The minimum absolute atomic E-state index is 0.0920. The number of carbonyl (C=O) groups is 2. The van der Waals surface area contributed by atoms with Crippen LogP contribution in [0.2, 0.25) is 0 Å². The molecule has 0 aromatic carbocycles. The molecule has 0 atom stereocenters. The minimum Gasteiger partial charge on any atom is -0.366 e. The predicted octanol–water partition coefficient (Wildman–Crippen LogP) is -0.00810. The highest BCUT2D eigenvalue weighted by Gasteiger charge is 2.09. The van der Waals surface area contributed by atoms with Crippen LogP contribution >= 0.6 is 15.9 Å². The first kappa shape index (κ1) is 8.36. The Balaban J connectivity index is 4.05. The summed E-state index contributed by atoms with van der Waals surface area (Å²) < 4.78 is 0. The summed E-state index contributed by atoms with van der Waals surface area (Å²) in [7, 11) is 0. The third kappa shape index (κ3) is 2.41. The quantitative estimate of drug-likeness (QED) is 0.296. The highest BCUT2D eigenvalue weighted by atomic mass is 79.9. The molecule has 0 aliphatic rings. The SMILES string of the molecule is C=C(C(N)=O)C(=O)CBr. The van der Waals surface area contributed by atoms with E-state index in [1.54, 1.807) is 0 Å². The minimum atomic E-state index is -0.764. The van der Waals surface area contributed by atoms with Gasteiger partial charge in [-0.15, -0.1) is 0 Å². The van der Waals surface area contributed by atoms with Crippen LogP contribution in [0.3, 0.4) is 0 Å². The smallest absolute Gasteiger partial charge is 0.251 e. The number of ketones is 1. The fourth-order valence-corrected chi connectivity index (χ4v) is 0.556. The van der Waals surface area contributed by atoms with Gasteiger partial charge in [0, 0.05) is 0 Å². The molecule has 0 aliphatic carbocycles. The first-order valence-corrected chi connectivity index (χ1v) is 3.29. The highest BCUT2D eigenvalue weighted by Crippen LogP contribution is 1.93. The summed E-state index contributed by atoms with van der Waals surface area (Å²) in [6, 6.07) is 0. The first-order valence-electron chi connectivity index (χ1n) is 2.17. The second-order valence-electron chi connectivity index (χ2n) is 1.40. The number of hydrogen-bond acceptors (Lipinski definition) is 2. The second-order valence-corrected chi connectivity index (χ2v) is 1.96. The lowest BCUT2D eigenvalue weighted by molar-refractivity contribution is -0.119. The van der Waals surface area contributed by atoms with Crippen molar-refractivity contribution >= 4 is 27.6 Å². The number of hydrogen-bond donors (Lipinski definition) is 1. The maximum absolute atomic E-state index is 10.5. The van der Waals surface area contributed by atoms with E-state index in [-0.39, 0.29) is 16.7 Å². The van der Waals surface area contributed by atoms with Crippen molar-refractivity contribution in [1.82, 2.24) is 0 Å². The zero-order valence-corrected chi connectivity index (χ0v) is 6.27. The number of rotatable bonds is 3. The summed E-state index contributed by atoms with van der Waals surface area (Å²) in [5.74, 6) is -1.14. The van der Waals surface area contributed by atoms with Gasteiger partial charge in [-0.1, -0.05) is 22.5 Å². The van der Waals surface area contributed by atoms with E-state index < -0.39 is 5.91 Å². The average molecular weight is 192 g/mol. The molecule has 0 aromatic heterocycles.